The first-order valence-corrected chi connectivity index (χ1v) is 13.1. The lowest BCUT2D eigenvalue weighted by Crippen LogP contribution is -2.19. The number of hydrogen-bond acceptors (Lipinski definition) is 9. The topological polar surface area (TPSA) is 137 Å². The minimum atomic E-state index is -4.32. The van der Waals surface area contributed by atoms with E-state index in [9.17, 15) is 23.3 Å². The van der Waals surface area contributed by atoms with Crippen LogP contribution in [0.25, 0.3) is 6.08 Å². The van der Waals surface area contributed by atoms with Crippen molar-refractivity contribution in [3.8, 4) is 11.5 Å². The number of thioether (sulfide) groups is 1. The number of rotatable bonds is 7. The highest BCUT2D eigenvalue weighted by molar-refractivity contribution is 9.10. The predicted molar refractivity (Wildman–Crippen MR) is 139 cm³/mol. The van der Waals surface area contributed by atoms with Gasteiger partial charge < -0.3 is 14.2 Å². The molecule has 36 heavy (non-hydrogen) atoms. The molecule has 184 valence electrons. The normalized spacial score (nSPS) is 15.7. The molecule has 0 aromatic heterocycles. The Balaban J connectivity index is 1.51. The van der Waals surface area contributed by atoms with E-state index in [1.54, 1.807) is 49.6 Å². The molecule has 1 heterocycles. The number of carbonyl (C=O) groups is 1. The third kappa shape index (κ3) is 5.93. The Morgan fingerprint density at radius 1 is 1.11 bits per heavy atom. The second kappa shape index (κ2) is 10.5. The fraction of sp³-hybridized carbons (Fsp3) is 0.0435. The Bertz CT molecular complexity index is 1520. The van der Waals surface area contributed by atoms with Gasteiger partial charge in [0.1, 0.15) is 10.6 Å². The fourth-order valence-corrected chi connectivity index (χ4v) is 5.41. The van der Waals surface area contributed by atoms with Gasteiger partial charge >= 0.3 is 10.1 Å². The number of halogens is 1. The maximum atomic E-state index is 12.6. The number of nitro benzene ring substituents is 1. The first-order chi connectivity index (χ1) is 17.1. The first kappa shape index (κ1) is 25.4. The van der Waals surface area contributed by atoms with Crippen LogP contribution in [0.1, 0.15) is 5.56 Å². The van der Waals surface area contributed by atoms with E-state index in [-0.39, 0.29) is 22.2 Å². The number of carbonyl (C=O) groups excluding carboxylic acids is 1. The SMILES string of the molecule is COc1ccc(N=C2NC(=O)/C(=C/c3ccc(OS(=O)(=O)c4cccc([N+](=O)[O-])c4)c(Br)c3)S2)cc1. The van der Waals surface area contributed by atoms with E-state index in [1.165, 1.54) is 24.3 Å². The molecule has 0 saturated carbocycles. The van der Waals surface area contributed by atoms with Gasteiger partial charge in [-0.15, -0.1) is 0 Å². The zero-order chi connectivity index (χ0) is 25.9. The van der Waals surface area contributed by atoms with Gasteiger partial charge in [0.2, 0.25) is 0 Å². The van der Waals surface area contributed by atoms with Crippen molar-refractivity contribution in [3.63, 3.8) is 0 Å². The summed E-state index contributed by atoms with van der Waals surface area (Å²) >= 11 is 4.44. The predicted octanol–water partition coefficient (Wildman–Crippen LogP) is 5.03. The van der Waals surface area contributed by atoms with Gasteiger partial charge in [-0.25, -0.2) is 4.99 Å². The summed E-state index contributed by atoms with van der Waals surface area (Å²) in [7, 11) is -2.75. The summed E-state index contributed by atoms with van der Waals surface area (Å²) in [5.74, 6) is 0.351. The molecule has 13 heteroatoms. The van der Waals surface area contributed by atoms with Gasteiger partial charge in [0.25, 0.3) is 11.6 Å². The highest BCUT2D eigenvalue weighted by atomic mass is 79.9. The molecule has 10 nitrogen and oxygen atoms in total. The summed E-state index contributed by atoms with van der Waals surface area (Å²) in [6.45, 7) is 0. The second-order valence-corrected chi connectivity index (χ2v) is 10.6. The van der Waals surface area contributed by atoms with Gasteiger partial charge in [-0.3, -0.25) is 14.9 Å². The largest absolute Gasteiger partial charge is 0.497 e. The summed E-state index contributed by atoms with van der Waals surface area (Å²) < 4.78 is 35.8. The molecule has 3 aromatic rings. The molecular weight excluding hydrogens is 574 g/mol. The van der Waals surface area contributed by atoms with Crippen LogP contribution >= 0.6 is 27.7 Å². The van der Waals surface area contributed by atoms with Crippen LogP contribution < -0.4 is 14.2 Å². The van der Waals surface area contributed by atoms with Crippen LogP contribution in [0.5, 0.6) is 11.5 Å². The Hall–Kier alpha value is -3.68. The van der Waals surface area contributed by atoms with Gasteiger partial charge in [0.05, 0.1) is 27.1 Å². The van der Waals surface area contributed by atoms with Gasteiger partial charge in [0, 0.05) is 12.1 Å². The van der Waals surface area contributed by atoms with E-state index in [2.05, 4.69) is 26.2 Å². The lowest BCUT2D eigenvalue weighted by Gasteiger charge is -2.09. The van der Waals surface area contributed by atoms with Crippen LogP contribution in [0.15, 0.2) is 86.0 Å². The van der Waals surface area contributed by atoms with E-state index in [0.717, 1.165) is 17.8 Å². The number of non-ortho nitro benzene ring substituents is 1. The van der Waals surface area contributed by atoms with Crippen LogP contribution in [0.3, 0.4) is 0 Å². The average Bonchev–Trinajstić information content (AvgIpc) is 3.19. The Morgan fingerprint density at radius 2 is 1.86 bits per heavy atom. The minimum Gasteiger partial charge on any atom is -0.497 e. The number of aliphatic imine (C=N–C) groups is 1. The Labute approximate surface area is 218 Å². The lowest BCUT2D eigenvalue weighted by molar-refractivity contribution is -0.385. The third-order valence-electron chi connectivity index (χ3n) is 4.72. The van der Waals surface area contributed by atoms with Crippen molar-refractivity contribution in [3.05, 3.63) is 91.8 Å². The molecule has 1 N–H and O–H groups in total. The van der Waals surface area contributed by atoms with Crippen molar-refractivity contribution in [2.24, 2.45) is 4.99 Å². The quantitative estimate of drug-likeness (QED) is 0.175. The molecular formula is C23H16BrN3O7S2. The molecule has 1 fully saturated rings. The van der Waals surface area contributed by atoms with Gasteiger partial charge in [-0.1, -0.05) is 12.1 Å². The van der Waals surface area contributed by atoms with Crippen LogP contribution in [0, 0.1) is 10.1 Å². The molecule has 1 amide bonds. The van der Waals surface area contributed by atoms with Gasteiger partial charge in [0.15, 0.2) is 10.9 Å². The fourth-order valence-electron chi connectivity index (χ4n) is 3.00. The molecule has 1 saturated heterocycles. The maximum Gasteiger partial charge on any atom is 0.339 e. The zero-order valence-electron chi connectivity index (χ0n) is 18.4. The molecule has 3 aromatic carbocycles. The van der Waals surface area contributed by atoms with E-state index in [0.29, 0.717) is 31.5 Å². The number of hydrogen-bond donors (Lipinski definition) is 1. The van der Waals surface area contributed by atoms with Crippen LogP contribution in [0.4, 0.5) is 11.4 Å². The van der Waals surface area contributed by atoms with Crippen molar-refractivity contribution in [1.29, 1.82) is 0 Å². The standard InChI is InChI=1S/C23H16BrN3O7S2/c1-33-17-8-6-15(7-9-17)25-23-26-22(28)21(35-23)12-14-5-10-20(19(24)11-14)34-36(31,32)18-4-2-3-16(13-18)27(29)30/h2-13H,1H3,(H,25,26,28)/b21-12-. The van der Waals surface area contributed by atoms with Crippen molar-refractivity contribution in [2.45, 2.75) is 4.90 Å². The van der Waals surface area contributed by atoms with Crippen LogP contribution in [-0.2, 0) is 14.9 Å². The summed E-state index contributed by atoms with van der Waals surface area (Å²) in [4.78, 5) is 27.1. The monoisotopic (exact) mass is 589 g/mol. The lowest BCUT2D eigenvalue weighted by atomic mass is 10.2. The van der Waals surface area contributed by atoms with E-state index in [4.69, 9.17) is 8.92 Å². The molecule has 0 aliphatic carbocycles. The van der Waals surface area contributed by atoms with Crippen molar-refractivity contribution >= 4 is 66.3 Å². The summed E-state index contributed by atoms with van der Waals surface area (Å²) in [5, 5.41) is 14.1. The number of amidine groups is 1. The highest BCUT2D eigenvalue weighted by Crippen LogP contribution is 2.33. The van der Waals surface area contributed by atoms with Crippen molar-refractivity contribution in [1.82, 2.24) is 5.32 Å². The number of ether oxygens (including phenoxy) is 1. The van der Waals surface area contributed by atoms with Gasteiger partial charge in [-0.05, 0) is 81.8 Å². The minimum absolute atomic E-state index is 0.0195. The van der Waals surface area contributed by atoms with Crippen LogP contribution in [-0.4, -0.2) is 31.5 Å². The summed E-state index contributed by atoms with van der Waals surface area (Å²) in [6.07, 6.45) is 1.63. The molecule has 0 bridgehead atoms. The number of nitro groups is 1. The zero-order valence-corrected chi connectivity index (χ0v) is 21.6. The number of nitrogens with one attached hydrogen (secondary N) is 1. The number of nitrogens with zero attached hydrogens (tertiary/aromatic N) is 2. The van der Waals surface area contributed by atoms with Gasteiger partial charge in [-0.2, -0.15) is 8.42 Å². The third-order valence-corrected chi connectivity index (χ3v) is 7.48. The van der Waals surface area contributed by atoms with E-state index >= 15 is 0 Å². The molecule has 0 spiro atoms. The first-order valence-electron chi connectivity index (χ1n) is 10.1. The maximum absolute atomic E-state index is 12.6. The average molecular weight is 590 g/mol. The molecule has 1 aliphatic rings. The Kier molecular flexibility index (Phi) is 7.43. The van der Waals surface area contributed by atoms with Crippen molar-refractivity contribution in [2.75, 3.05) is 7.11 Å². The molecule has 4 rings (SSSR count). The summed E-state index contributed by atoms with van der Waals surface area (Å²) in [5.41, 5.74) is 0.877. The molecule has 0 atom stereocenters. The molecule has 0 unspecified atom stereocenters. The number of methoxy groups -OCH3 is 1. The smallest absolute Gasteiger partial charge is 0.339 e. The van der Waals surface area contributed by atoms with E-state index < -0.39 is 15.0 Å². The summed E-state index contributed by atoms with van der Waals surface area (Å²) in [6, 6.07) is 16.2. The van der Waals surface area contributed by atoms with Crippen LogP contribution in [0.2, 0.25) is 0 Å². The molecule has 1 aliphatic heterocycles. The second-order valence-electron chi connectivity index (χ2n) is 7.16. The highest BCUT2D eigenvalue weighted by Gasteiger charge is 2.24. The number of benzene rings is 3. The van der Waals surface area contributed by atoms with Crippen molar-refractivity contribution < 1.29 is 27.1 Å². The van der Waals surface area contributed by atoms with E-state index in [1.807, 2.05) is 0 Å². The Morgan fingerprint density at radius 3 is 2.53 bits per heavy atom. The number of amides is 1. The molecule has 0 radical (unpaired) electrons.